The zero-order valence-corrected chi connectivity index (χ0v) is 11.5. The third-order valence-corrected chi connectivity index (χ3v) is 3.09. The second kappa shape index (κ2) is 7.39. The Hall–Kier alpha value is -1.06. The normalized spacial score (nSPS) is 15.6. The SMILES string of the molecule is CC(NC(=O)CNCC1CC1)c1ccccc1.Cl. The molecule has 0 heterocycles. The van der Waals surface area contributed by atoms with Gasteiger partial charge in [-0.15, -0.1) is 12.4 Å². The average Bonchev–Trinajstić information content (AvgIpc) is 3.14. The number of hydrogen-bond donors (Lipinski definition) is 2. The van der Waals surface area contributed by atoms with Crippen LogP contribution < -0.4 is 10.6 Å². The summed E-state index contributed by atoms with van der Waals surface area (Å²) in [7, 11) is 0. The molecular formula is C14H21ClN2O. The summed E-state index contributed by atoms with van der Waals surface area (Å²) >= 11 is 0. The Morgan fingerprint density at radius 1 is 1.33 bits per heavy atom. The molecule has 1 fully saturated rings. The van der Waals surface area contributed by atoms with E-state index in [0.717, 1.165) is 18.0 Å². The summed E-state index contributed by atoms with van der Waals surface area (Å²) < 4.78 is 0. The maximum Gasteiger partial charge on any atom is 0.234 e. The fourth-order valence-electron chi connectivity index (χ4n) is 1.83. The molecular weight excluding hydrogens is 248 g/mol. The second-order valence-corrected chi connectivity index (χ2v) is 4.77. The molecule has 0 aromatic heterocycles. The van der Waals surface area contributed by atoms with Crippen LogP contribution in [0.4, 0.5) is 0 Å². The molecule has 1 aliphatic rings. The third-order valence-electron chi connectivity index (χ3n) is 3.09. The number of rotatable bonds is 6. The van der Waals surface area contributed by atoms with Crippen LogP contribution >= 0.6 is 12.4 Å². The van der Waals surface area contributed by atoms with Crippen molar-refractivity contribution in [2.45, 2.75) is 25.8 Å². The molecule has 0 saturated heterocycles. The lowest BCUT2D eigenvalue weighted by Gasteiger charge is -2.14. The van der Waals surface area contributed by atoms with E-state index in [0.29, 0.717) is 6.54 Å². The van der Waals surface area contributed by atoms with Gasteiger partial charge in [-0.3, -0.25) is 4.79 Å². The van der Waals surface area contributed by atoms with Gasteiger partial charge >= 0.3 is 0 Å². The van der Waals surface area contributed by atoms with Crippen molar-refractivity contribution in [2.75, 3.05) is 13.1 Å². The minimum atomic E-state index is 0. The van der Waals surface area contributed by atoms with Gasteiger partial charge in [-0.05, 0) is 37.8 Å². The first kappa shape index (κ1) is 15.0. The van der Waals surface area contributed by atoms with Gasteiger partial charge in [0.15, 0.2) is 0 Å². The molecule has 4 heteroatoms. The van der Waals surface area contributed by atoms with Crippen molar-refractivity contribution in [1.82, 2.24) is 10.6 Å². The fourth-order valence-corrected chi connectivity index (χ4v) is 1.83. The number of nitrogens with one attached hydrogen (secondary N) is 2. The van der Waals surface area contributed by atoms with Crippen LogP contribution in [0.1, 0.15) is 31.4 Å². The minimum Gasteiger partial charge on any atom is -0.348 e. The molecule has 1 unspecified atom stereocenters. The second-order valence-electron chi connectivity index (χ2n) is 4.77. The van der Waals surface area contributed by atoms with E-state index in [1.807, 2.05) is 37.3 Å². The molecule has 0 spiro atoms. The number of carbonyl (C=O) groups excluding carboxylic acids is 1. The summed E-state index contributed by atoms with van der Waals surface area (Å²) in [5.74, 6) is 0.886. The first-order valence-electron chi connectivity index (χ1n) is 6.30. The quantitative estimate of drug-likeness (QED) is 0.831. The van der Waals surface area contributed by atoms with Crippen LogP contribution in [0.2, 0.25) is 0 Å². The highest BCUT2D eigenvalue weighted by Crippen LogP contribution is 2.27. The summed E-state index contributed by atoms with van der Waals surface area (Å²) in [6, 6.07) is 10.1. The number of amides is 1. The number of benzene rings is 1. The number of halogens is 1. The first-order chi connectivity index (χ1) is 8.25. The van der Waals surface area contributed by atoms with Gasteiger partial charge in [-0.25, -0.2) is 0 Å². The van der Waals surface area contributed by atoms with Crippen LogP contribution in [0.25, 0.3) is 0 Å². The van der Waals surface area contributed by atoms with Gasteiger partial charge in [0.1, 0.15) is 0 Å². The molecule has 0 radical (unpaired) electrons. The van der Waals surface area contributed by atoms with Crippen LogP contribution in [0.15, 0.2) is 30.3 Å². The van der Waals surface area contributed by atoms with E-state index in [4.69, 9.17) is 0 Å². The highest BCUT2D eigenvalue weighted by molar-refractivity contribution is 5.85. The summed E-state index contributed by atoms with van der Waals surface area (Å²) in [4.78, 5) is 11.7. The molecule has 2 rings (SSSR count). The average molecular weight is 269 g/mol. The van der Waals surface area contributed by atoms with E-state index >= 15 is 0 Å². The number of hydrogen-bond acceptors (Lipinski definition) is 2. The molecule has 1 atom stereocenters. The van der Waals surface area contributed by atoms with Crippen molar-refractivity contribution in [3.05, 3.63) is 35.9 Å². The third kappa shape index (κ3) is 5.07. The van der Waals surface area contributed by atoms with Crippen LogP contribution in [0.5, 0.6) is 0 Å². The summed E-state index contributed by atoms with van der Waals surface area (Å²) in [5.41, 5.74) is 1.14. The van der Waals surface area contributed by atoms with Crippen molar-refractivity contribution < 1.29 is 4.79 Å². The lowest BCUT2D eigenvalue weighted by atomic mass is 10.1. The van der Waals surface area contributed by atoms with Gasteiger partial charge in [0.05, 0.1) is 12.6 Å². The van der Waals surface area contributed by atoms with E-state index in [9.17, 15) is 4.79 Å². The van der Waals surface area contributed by atoms with Crippen LogP contribution in [0, 0.1) is 5.92 Å². The highest BCUT2D eigenvalue weighted by Gasteiger charge is 2.20. The zero-order chi connectivity index (χ0) is 12.1. The molecule has 1 aromatic rings. The Morgan fingerprint density at radius 2 is 2.00 bits per heavy atom. The Kier molecular flexibility index (Phi) is 6.16. The van der Waals surface area contributed by atoms with Crippen LogP contribution in [0.3, 0.4) is 0 Å². The molecule has 0 aliphatic heterocycles. The Morgan fingerprint density at radius 3 is 2.61 bits per heavy atom. The molecule has 1 aliphatic carbocycles. The molecule has 0 bridgehead atoms. The van der Waals surface area contributed by atoms with E-state index < -0.39 is 0 Å². The molecule has 3 nitrogen and oxygen atoms in total. The highest BCUT2D eigenvalue weighted by atomic mass is 35.5. The van der Waals surface area contributed by atoms with Crippen molar-refractivity contribution in [2.24, 2.45) is 5.92 Å². The van der Waals surface area contributed by atoms with Gasteiger partial charge in [-0.2, -0.15) is 0 Å². The van der Waals surface area contributed by atoms with E-state index in [1.165, 1.54) is 12.8 Å². The van der Waals surface area contributed by atoms with Gasteiger partial charge in [0.2, 0.25) is 5.91 Å². The topological polar surface area (TPSA) is 41.1 Å². The molecule has 18 heavy (non-hydrogen) atoms. The van der Waals surface area contributed by atoms with Crippen molar-refractivity contribution in [3.63, 3.8) is 0 Å². The van der Waals surface area contributed by atoms with Gasteiger partial charge in [-0.1, -0.05) is 30.3 Å². The van der Waals surface area contributed by atoms with E-state index in [-0.39, 0.29) is 24.4 Å². The Balaban J connectivity index is 0.00000162. The van der Waals surface area contributed by atoms with Gasteiger partial charge in [0, 0.05) is 0 Å². The standard InChI is InChI=1S/C14H20N2O.ClH/c1-11(13-5-3-2-4-6-13)16-14(17)10-15-9-12-7-8-12;/h2-6,11-12,15H,7-10H2,1H3,(H,16,17);1H. The summed E-state index contributed by atoms with van der Waals surface area (Å²) in [5, 5.41) is 6.18. The summed E-state index contributed by atoms with van der Waals surface area (Å²) in [6.45, 7) is 3.41. The van der Waals surface area contributed by atoms with Crippen molar-refractivity contribution >= 4 is 18.3 Å². The lowest BCUT2D eigenvalue weighted by Crippen LogP contribution is -2.36. The van der Waals surface area contributed by atoms with E-state index in [1.54, 1.807) is 0 Å². The molecule has 1 aromatic carbocycles. The Bertz CT molecular complexity index is 365. The smallest absolute Gasteiger partial charge is 0.234 e. The minimum absolute atomic E-state index is 0. The molecule has 1 saturated carbocycles. The maximum atomic E-state index is 11.7. The van der Waals surface area contributed by atoms with E-state index in [2.05, 4.69) is 10.6 Å². The zero-order valence-electron chi connectivity index (χ0n) is 10.7. The van der Waals surface area contributed by atoms with Gasteiger partial charge < -0.3 is 10.6 Å². The maximum absolute atomic E-state index is 11.7. The lowest BCUT2D eigenvalue weighted by molar-refractivity contribution is -0.120. The summed E-state index contributed by atoms with van der Waals surface area (Å²) in [6.07, 6.45) is 2.63. The van der Waals surface area contributed by atoms with Crippen molar-refractivity contribution in [1.29, 1.82) is 0 Å². The molecule has 2 N–H and O–H groups in total. The first-order valence-corrected chi connectivity index (χ1v) is 6.30. The Labute approximate surface area is 115 Å². The van der Waals surface area contributed by atoms with Gasteiger partial charge in [0.25, 0.3) is 0 Å². The fraction of sp³-hybridized carbons (Fsp3) is 0.500. The monoisotopic (exact) mass is 268 g/mol. The van der Waals surface area contributed by atoms with Crippen LogP contribution in [-0.2, 0) is 4.79 Å². The number of carbonyl (C=O) groups is 1. The van der Waals surface area contributed by atoms with Crippen molar-refractivity contribution in [3.8, 4) is 0 Å². The molecule has 100 valence electrons. The predicted octanol–water partition coefficient (Wildman–Crippen LogP) is 2.29. The largest absolute Gasteiger partial charge is 0.348 e. The molecule has 1 amide bonds. The van der Waals surface area contributed by atoms with Crippen LogP contribution in [-0.4, -0.2) is 19.0 Å². The predicted molar refractivity (Wildman–Crippen MR) is 75.8 cm³/mol.